The van der Waals surface area contributed by atoms with E-state index >= 15 is 0 Å². The van der Waals surface area contributed by atoms with Crippen LogP contribution in [0.5, 0.6) is 5.75 Å². The Morgan fingerprint density at radius 3 is 2.50 bits per heavy atom. The highest BCUT2D eigenvalue weighted by Gasteiger charge is 2.13. The van der Waals surface area contributed by atoms with Crippen LogP contribution in [0.15, 0.2) is 60.0 Å². The van der Waals surface area contributed by atoms with Crippen molar-refractivity contribution in [3.8, 4) is 16.5 Å². The van der Waals surface area contributed by atoms with Gasteiger partial charge in [0.2, 0.25) is 0 Å². The number of para-hydroxylation sites is 1. The summed E-state index contributed by atoms with van der Waals surface area (Å²) in [7, 11) is 0. The van der Waals surface area contributed by atoms with Gasteiger partial charge in [0.05, 0.1) is 15.4 Å². The van der Waals surface area contributed by atoms with E-state index in [1.54, 1.807) is 24.3 Å². The molecule has 2 aromatic heterocycles. The van der Waals surface area contributed by atoms with Crippen molar-refractivity contribution in [1.82, 2.24) is 9.97 Å². The summed E-state index contributed by atoms with van der Waals surface area (Å²) in [4.78, 5) is 10.1. The first-order valence-corrected chi connectivity index (χ1v) is 8.53. The Labute approximate surface area is 147 Å². The number of fused-ring (bicyclic) bond motifs is 1. The maximum Gasteiger partial charge on any atom is 0.173 e. The molecule has 4 rings (SSSR count). The monoisotopic (exact) mass is 353 g/mol. The minimum Gasteiger partial charge on any atom is -0.508 e. The Hall–Kier alpha value is -2.63. The average molecular weight is 354 g/mol. The third kappa shape index (κ3) is 2.79. The van der Waals surface area contributed by atoms with E-state index < -0.39 is 0 Å². The van der Waals surface area contributed by atoms with Crippen molar-refractivity contribution in [2.45, 2.75) is 0 Å². The van der Waals surface area contributed by atoms with Gasteiger partial charge >= 0.3 is 0 Å². The van der Waals surface area contributed by atoms with Crippen LogP contribution >= 0.6 is 22.9 Å². The van der Waals surface area contributed by atoms with Gasteiger partial charge in [0.1, 0.15) is 11.6 Å². The van der Waals surface area contributed by atoms with Crippen LogP contribution in [0.2, 0.25) is 5.02 Å². The van der Waals surface area contributed by atoms with Crippen molar-refractivity contribution in [1.29, 1.82) is 0 Å². The van der Waals surface area contributed by atoms with E-state index in [9.17, 15) is 5.11 Å². The van der Waals surface area contributed by atoms with Crippen molar-refractivity contribution < 1.29 is 5.11 Å². The van der Waals surface area contributed by atoms with E-state index in [0.717, 1.165) is 21.5 Å². The molecule has 0 aliphatic heterocycles. The fourth-order valence-corrected chi connectivity index (χ4v) is 3.48. The maximum atomic E-state index is 9.43. The summed E-state index contributed by atoms with van der Waals surface area (Å²) in [5.74, 6) is 1.51. The lowest BCUT2D eigenvalue weighted by atomic mass is 10.2. The van der Waals surface area contributed by atoms with E-state index in [1.165, 1.54) is 11.3 Å². The number of phenolic OH excluding ortho intramolecular Hbond substituents is 1. The van der Waals surface area contributed by atoms with Crippen molar-refractivity contribution in [3.63, 3.8) is 0 Å². The molecule has 2 heterocycles. The molecular weight excluding hydrogens is 342 g/mol. The van der Waals surface area contributed by atoms with Gasteiger partial charge in [-0.2, -0.15) is 0 Å². The molecule has 24 heavy (non-hydrogen) atoms. The Kier molecular flexibility index (Phi) is 3.80. The highest BCUT2D eigenvalue weighted by molar-refractivity contribution is 7.14. The third-order valence-electron chi connectivity index (χ3n) is 3.55. The number of hydrogen-bond acceptors (Lipinski definition) is 5. The van der Waals surface area contributed by atoms with Crippen LogP contribution in [-0.4, -0.2) is 15.1 Å². The first kappa shape index (κ1) is 14.9. The zero-order valence-electron chi connectivity index (χ0n) is 12.4. The van der Waals surface area contributed by atoms with Crippen molar-refractivity contribution in [3.05, 3.63) is 65.0 Å². The molecule has 0 amide bonds. The second kappa shape index (κ2) is 6.11. The molecule has 0 spiro atoms. The lowest BCUT2D eigenvalue weighted by Crippen LogP contribution is -1.98. The Balaban J connectivity index is 1.86. The Morgan fingerprint density at radius 2 is 1.75 bits per heavy atom. The molecule has 0 saturated heterocycles. The second-order valence-electron chi connectivity index (χ2n) is 5.18. The Bertz CT molecular complexity index is 1010. The standard InChI is InChI=1S/C18H12ClN3OS/c19-14-9-10-24-16(14)18-21-15-4-2-1-3-13(15)17(22-18)20-11-5-7-12(23)8-6-11/h1-10,23H,(H,20,21,22). The summed E-state index contributed by atoms with van der Waals surface area (Å²) in [6, 6.07) is 16.5. The molecule has 2 N–H and O–H groups in total. The van der Waals surface area contributed by atoms with E-state index in [-0.39, 0.29) is 5.75 Å². The van der Waals surface area contributed by atoms with Gasteiger partial charge in [-0.3, -0.25) is 0 Å². The van der Waals surface area contributed by atoms with E-state index in [0.29, 0.717) is 16.7 Å². The largest absolute Gasteiger partial charge is 0.508 e. The van der Waals surface area contributed by atoms with E-state index in [4.69, 9.17) is 11.6 Å². The quantitative estimate of drug-likeness (QED) is 0.480. The van der Waals surface area contributed by atoms with E-state index in [1.807, 2.05) is 35.7 Å². The summed E-state index contributed by atoms with van der Waals surface area (Å²) >= 11 is 7.75. The van der Waals surface area contributed by atoms with Crippen molar-refractivity contribution >= 4 is 45.3 Å². The smallest absolute Gasteiger partial charge is 0.173 e. The lowest BCUT2D eigenvalue weighted by molar-refractivity contribution is 0.475. The predicted molar refractivity (Wildman–Crippen MR) is 99.3 cm³/mol. The molecule has 0 fully saturated rings. The number of benzene rings is 2. The number of phenols is 1. The second-order valence-corrected chi connectivity index (χ2v) is 6.51. The van der Waals surface area contributed by atoms with Crippen molar-refractivity contribution in [2.24, 2.45) is 0 Å². The van der Waals surface area contributed by atoms with Crippen LogP contribution < -0.4 is 5.32 Å². The molecule has 0 aliphatic carbocycles. The summed E-state index contributed by atoms with van der Waals surface area (Å²) in [5.41, 5.74) is 1.67. The summed E-state index contributed by atoms with van der Waals surface area (Å²) in [6.07, 6.45) is 0. The highest BCUT2D eigenvalue weighted by Crippen LogP contribution is 2.34. The molecule has 0 aliphatic rings. The van der Waals surface area contributed by atoms with Crippen LogP contribution in [0.4, 0.5) is 11.5 Å². The fourth-order valence-electron chi connectivity index (χ4n) is 2.41. The van der Waals surface area contributed by atoms with Gasteiger partial charge < -0.3 is 10.4 Å². The predicted octanol–water partition coefficient (Wildman–Crippen LogP) is 5.46. The number of nitrogens with one attached hydrogen (secondary N) is 1. The number of anilines is 2. The normalized spacial score (nSPS) is 10.9. The number of rotatable bonds is 3. The van der Waals surface area contributed by atoms with Gasteiger partial charge in [-0.15, -0.1) is 11.3 Å². The van der Waals surface area contributed by atoms with Crippen LogP contribution in [-0.2, 0) is 0 Å². The van der Waals surface area contributed by atoms with Crippen molar-refractivity contribution in [2.75, 3.05) is 5.32 Å². The molecule has 118 valence electrons. The molecule has 2 aromatic carbocycles. The number of halogens is 1. The van der Waals surface area contributed by atoms with Crippen LogP contribution in [0.25, 0.3) is 21.6 Å². The zero-order valence-corrected chi connectivity index (χ0v) is 14.0. The number of aromatic nitrogens is 2. The highest BCUT2D eigenvalue weighted by atomic mass is 35.5. The average Bonchev–Trinajstić information content (AvgIpc) is 3.03. The summed E-state index contributed by atoms with van der Waals surface area (Å²) in [6.45, 7) is 0. The molecule has 6 heteroatoms. The molecule has 4 nitrogen and oxygen atoms in total. The van der Waals surface area contributed by atoms with Gasteiger partial charge in [0.15, 0.2) is 5.82 Å². The first-order valence-electron chi connectivity index (χ1n) is 7.27. The number of nitrogens with zero attached hydrogens (tertiary/aromatic N) is 2. The van der Waals surface area contributed by atoms with Gasteiger partial charge in [-0.05, 0) is 47.8 Å². The van der Waals surface area contributed by atoms with Gasteiger partial charge in [0.25, 0.3) is 0 Å². The molecule has 0 unspecified atom stereocenters. The molecule has 0 saturated carbocycles. The SMILES string of the molecule is Oc1ccc(Nc2nc(-c3sccc3Cl)nc3ccccc23)cc1. The van der Waals surface area contributed by atoms with E-state index in [2.05, 4.69) is 15.3 Å². The minimum absolute atomic E-state index is 0.221. The zero-order chi connectivity index (χ0) is 16.5. The Morgan fingerprint density at radius 1 is 0.958 bits per heavy atom. The molecule has 0 bridgehead atoms. The van der Waals surface area contributed by atoms with Gasteiger partial charge in [0, 0.05) is 11.1 Å². The number of aromatic hydroxyl groups is 1. The molecule has 0 radical (unpaired) electrons. The van der Waals surface area contributed by atoms with Crippen LogP contribution in [0.3, 0.4) is 0 Å². The minimum atomic E-state index is 0.221. The number of thiophene rings is 1. The first-order chi connectivity index (χ1) is 11.7. The lowest BCUT2D eigenvalue weighted by Gasteiger charge is -2.10. The maximum absolute atomic E-state index is 9.43. The molecule has 4 aromatic rings. The summed E-state index contributed by atoms with van der Waals surface area (Å²) in [5, 5.41) is 16.2. The van der Waals surface area contributed by atoms with Crippen LogP contribution in [0, 0.1) is 0 Å². The number of hydrogen-bond donors (Lipinski definition) is 2. The van der Waals surface area contributed by atoms with Crippen LogP contribution in [0.1, 0.15) is 0 Å². The third-order valence-corrected chi connectivity index (χ3v) is 4.89. The fraction of sp³-hybridized carbons (Fsp3) is 0. The summed E-state index contributed by atoms with van der Waals surface area (Å²) < 4.78 is 0. The molecule has 0 atom stereocenters. The van der Waals surface area contributed by atoms with Gasteiger partial charge in [-0.25, -0.2) is 9.97 Å². The molecular formula is C18H12ClN3OS. The topological polar surface area (TPSA) is 58.0 Å². The van der Waals surface area contributed by atoms with Gasteiger partial charge in [-0.1, -0.05) is 23.7 Å².